The van der Waals surface area contributed by atoms with Gasteiger partial charge in [0.25, 0.3) is 0 Å². The lowest BCUT2D eigenvalue weighted by Gasteiger charge is -2.18. The van der Waals surface area contributed by atoms with Crippen molar-refractivity contribution in [3.63, 3.8) is 0 Å². The minimum atomic E-state index is -0.817. The van der Waals surface area contributed by atoms with E-state index in [1.807, 2.05) is 0 Å². The Hall–Kier alpha value is -3.67. The highest BCUT2D eigenvalue weighted by Crippen LogP contribution is 2.12. The fourth-order valence-electron chi connectivity index (χ4n) is 5.72. The summed E-state index contributed by atoms with van der Waals surface area (Å²) in [5.74, 6) is -1.02. The molecule has 0 rings (SSSR count). The predicted octanol–water partition coefficient (Wildman–Crippen LogP) is 14.6. The molecule has 0 saturated carbocycles. The van der Waals surface area contributed by atoms with Gasteiger partial charge in [0.2, 0.25) is 0 Å². The minimum absolute atomic E-state index is 0.111. The largest absolute Gasteiger partial charge is 0.462 e. The molecule has 0 aromatic heterocycles. The van der Waals surface area contributed by atoms with E-state index in [9.17, 15) is 14.4 Å². The van der Waals surface area contributed by atoms with E-state index in [1.54, 1.807) is 0 Å². The maximum atomic E-state index is 12.7. The molecule has 0 aliphatic rings. The van der Waals surface area contributed by atoms with E-state index >= 15 is 0 Å². The summed E-state index contributed by atoms with van der Waals surface area (Å²) >= 11 is 0. The van der Waals surface area contributed by atoms with Crippen LogP contribution >= 0.6 is 0 Å². The molecule has 1 atom stereocenters. The van der Waals surface area contributed by atoms with Gasteiger partial charge in [0.1, 0.15) is 13.2 Å². The Kier molecular flexibility index (Phi) is 42.1. The summed E-state index contributed by atoms with van der Waals surface area (Å²) in [7, 11) is 0. The molecule has 0 heterocycles. The van der Waals surface area contributed by atoms with E-state index in [1.165, 1.54) is 44.9 Å². The molecule has 0 radical (unpaired) electrons. The maximum Gasteiger partial charge on any atom is 0.306 e. The first-order chi connectivity index (χ1) is 28.0. The summed E-state index contributed by atoms with van der Waals surface area (Å²) in [6.07, 6.45) is 58.3. The van der Waals surface area contributed by atoms with E-state index in [0.717, 1.165) is 89.9 Å². The average molecular weight is 791 g/mol. The van der Waals surface area contributed by atoms with Gasteiger partial charge in [-0.1, -0.05) is 176 Å². The fourth-order valence-corrected chi connectivity index (χ4v) is 5.72. The van der Waals surface area contributed by atoms with Crippen molar-refractivity contribution in [2.75, 3.05) is 13.2 Å². The molecule has 0 aromatic carbocycles. The van der Waals surface area contributed by atoms with Crippen LogP contribution in [0.15, 0.2) is 97.2 Å². The molecule has 0 aliphatic carbocycles. The van der Waals surface area contributed by atoms with Crippen molar-refractivity contribution in [1.29, 1.82) is 0 Å². The van der Waals surface area contributed by atoms with Crippen LogP contribution in [0.25, 0.3) is 0 Å². The number of allylic oxidation sites excluding steroid dienone is 16. The molecule has 0 aliphatic heterocycles. The second-order valence-corrected chi connectivity index (χ2v) is 14.5. The van der Waals surface area contributed by atoms with Crippen molar-refractivity contribution in [3.05, 3.63) is 97.2 Å². The van der Waals surface area contributed by atoms with Crippen LogP contribution in [0, 0.1) is 0 Å². The summed E-state index contributed by atoms with van der Waals surface area (Å²) in [4.78, 5) is 37.7. The molecule has 0 fully saturated rings. The highest BCUT2D eigenvalue weighted by molar-refractivity contribution is 5.71. The lowest BCUT2D eigenvalue weighted by molar-refractivity contribution is -0.167. The molecule has 0 aromatic rings. The maximum absolute atomic E-state index is 12.7. The highest BCUT2D eigenvalue weighted by Gasteiger charge is 2.19. The van der Waals surface area contributed by atoms with Crippen LogP contribution in [0.3, 0.4) is 0 Å². The van der Waals surface area contributed by atoms with E-state index in [4.69, 9.17) is 14.2 Å². The van der Waals surface area contributed by atoms with Gasteiger partial charge in [-0.15, -0.1) is 0 Å². The van der Waals surface area contributed by atoms with Gasteiger partial charge in [-0.2, -0.15) is 0 Å². The van der Waals surface area contributed by atoms with Crippen LogP contribution < -0.4 is 0 Å². The van der Waals surface area contributed by atoms with Gasteiger partial charge in [0, 0.05) is 19.3 Å². The van der Waals surface area contributed by atoms with Crippen molar-refractivity contribution in [3.8, 4) is 0 Å². The molecule has 0 bridgehead atoms. The third-order valence-corrected chi connectivity index (χ3v) is 9.08. The smallest absolute Gasteiger partial charge is 0.306 e. The topological polar surface area (TPSA) is 78.9 Å². The van der Waals surface area contributed by atoms with Crippen molar-refractivity contribution in [2.24, 2.45) is 0 Å². The third-order valence-electron chi connectivity index (χ3n) is 9.08. The number of unbranched alkanes of at least 4 members (excludes halogenated alkanes) is 12. The fraction of sp³-hybridized carbons (Fsp3) is 0.627. The summed E-state index contributed by atoms with van der Waals surface area (Å²) in [5, 5.41) is 0. The number of rotatable bonds is 39. The van der Waals surface area contributed by atoms with Crippen molar-refractivity contribution in [1.82, 2.24) is 0 Å². The molecule has 1 unspecified atom stereocenters. The first kappa shape index (κ1) is 53.3. The number of carbonyl (C=O) groups excluding carboxylic acids is 3. The minimum Gasteiger partial charge on any atom is -0.462 e. The number of ether oxygens (including phenoxy) is 3. The van der Waals surface area contributed by atoms with Crippen LogP contribution in [0.5, 0.6) is 0 Å². The van der Waals surface area contributed by atoms with Gasteiger partial charge >= 0.3 is 17.9 Å². The molecule has 6 nitrogen and oxygen atoms in total. The quantitative estimate of drug-likeness (QED) is 0.0267. The standard InChI is InChI=1S/C51H82O6/c1-4-7-10-13-16-19-22-24-25-26-27-28-30-32-35-38-41-44-50(53)56-47-48(46-55-49(52)43-40-37-34-31-21-18-15-12-9-6-3)57-51(54)45-42-39-36-33-29-23-20-17-14-11-8-5-2/h7-8,10-11,16-17,19-20,24-25,27-29,32-33,35,48H,4-6,9,12-15,18,21-23,26,30-31,34,36-47H2,1-3H3/b10-7-,11-8-,19-16-,20-17-,25-24-,28-27-,33-29-,35-32-. The molecular weight excluding hydrogens is 709 g/mol. The second kappa shape index (κ2) is 45.0. The third kappa shape index (κ3) is 43.3. The Morgan fingerprint density at radius 2 is 0.702 bits per heavy atom. The van der Waals surface area contributed by atoms with Crippen molar-refractivity contribution >= 4 is 17.9 Å². The number of carbonyl (C=O) groups is 3. The molecule has 322 valence electrons. The molecular formula is C51H82O6. The Balaban J connectivity index is 4.53. The predicted molar refractivity (Wildman–Crippen MR) is 242 cm³/mol. The van der Waals surface area contributed by atoms with Gasteiger partial charge in [-0.05, 0) is 89.9 Å². The molecule has 0 spiro atoms. The number of esters is 3. The molecule has 6 heteroatoms. The zero-order valence-electron chi connectivity index (χ0n) is 36.6. The van der Waals surface area contributed by atoms with Gasteiger partial charge in [-0.25, -0.2) is 0 Å². The molecule has 0 N–H and O–H groups in total. The van der Waals surface area contributed by atoms with Crippen LogP contribution in [-0.2, 0) is 28.6 Å². The average Bonchev–Trinajstić information content (AvgIpc) is 3.21. The lowest BCUT2D eigenvalue weighted by atomic mass is 10.1. The van der Waals surface area contributed by atoms with E-state index in [0.29, 0.717) is 19.3 Å². The normalized spacial score (nSPS) is 13.0. The summed E-state index contributed by atoms with van der Waals surface area (Å²) < 4.78 is 16.6. The van der Waals surface area contributed by atoms with E-state index < -0.39 is 6.10 Å². The van der Waals surface area contributed by atoms with Crippen molar-refractivity contribution in [2.45, 2.75) is 194 Å². The van der Waals surface area contributed by atoms with Crippen molar-refractivity contribution < 1.29 is 28.6 Å². The Morgan fingerprint density at radius 3 is 1.14 bits per heavy atom. The lowest BCUT2D eigenvalue weighted by Crippen LogP contribution is -2.30. The molecule has 0 amide bonds. The first-order valence-corrected chi connectivity index (χ1v) is 22.7. The SMILES string of the molecule is CC/C=C\C/C=C\C/C=C\C/C=C\C/C=C\CCCC(=O)OCC(COC(=O)CCCCCCCCCCCC)OC(=O)CCCC/C=C\C/C=C\C/C=C\CC. The zero-order chi connectivity index (χ0) is 41.5. The second-order valence-electron chi connectivity index (χ2n) is 14.5. The Morgan fingerprint density at radius 1 is 0.368 bits per heavy atom. The summed E-state index contributed by atoms with van der Waals surface area (Å²) in [5.41, 5.74) is 0. The monoisotopic (exact) mass is 791 g/mol. The van der Waals surface area contributed by atoms with Gasteiger partial charge in [-0.3, -0.25) is 14.4 Å². The zero-order valence-corrected chi connectivity index (χ0v) is 36.6. The number of hydrogen-bond acceptors (Lipinski definition) is 6. The highest BCUT2D eigenvalue weighted by atomic mass is 16.6. The number of hydrogen-bond donors (Lipinski definition) is 0. The van der Waals surface area contributed by atoms with E-state index in [-0.39, 0.29) is 44.0 Å². The van der Waals surface area contributed by atoms with Crippen LogP contribution in [0.1, 0.15) is 188 Å². The Bertz CT molecular complexity index is 1180. The summed E-state index contributed by atoms with van der Waals surface area (Å²) in [6.45, 7) is 6.28. The molecule has 0 saturated heterocycles. The van der Waals surface area contributed by atoms with Gasteiger partial charge in [0.05, 0.1) is 0 Å². The van der Waals surface area contributed by atoms with Crippen LogP contribution in [-0.4, -0.2) is 37.2 Å². The van der Waals surface area contributed by atoms with Gasteiger partial charge in [0.15, 0.2) is 6.10 Å². The van der Waals surface area contributed by atoms with Gasteiger partial charge < -0.3 is 14.2 Å². The van der Waals surface area contributed by atoms with Crippen LogP contribution in [0.4, 0.5) is 0 Å². The Labute approximate surface area is 349 Å². The summed E-state index contributed by atoms with van der Waals surface area (Å²) in [6, 6.07) is 0. The van der Waals surface area contributed by atoms with Crippen LogP contribution in [0.2, 0.25) is 0 Å². The first-order valence-electron chi connectivity index (χ1n) is 22.7. The van der Waals surface area contributed by atoms with E-state index in [2.05, 4.69) is 118 Å². The molecule has 57 heavy (non-hydrogen) atoms.